The largest absolute Gasteiger partial charge is 0.403 e. The molecule has 0 amide bonds. The third-order valence-electron chi connectivity index (χ3n) is 1.39. The van der Waals surface area contributed by atoms with Crippen LogP contribution in [0.4, 0.5) is 0 Å². The van der Waals surface area contributed by atoms with E-state index in [2.05, 4.69) is 0 Å². The van der Waals surface area contributed by atoms with Gasteiger partial charge in [0.25, 0.3) is 0 Å². The van der Waals surface area contributed by atoms with Crippen LogP contribution >= 0.6 is 7.75 Å². The smallest absolute Gasteiger partial charge is 0.312 e. The third kappa shape index (κ3) is 3.34. The highest BCUT2D eigenvalue weighted by atomic mass is 31.2. The van der Waals surface area contributed by atoms with Crippen molar-refractivity contribution in [3.05, 3.63) is 0 Å². The average molecular weight is 181 g/mol. The highest BCUT2D eigenvalue weighted by Gasteiger charge is 2.33. The van der Waals surface area contributed by atoms with E-state index in [4.69, 9.17) is 9.79 Å². The van der Waals surface area contributed by atoms with Crippen molar-refractivity contribution >= 4 is 7.75 Å². The first-order valence-corrected chi connectivity index (χ1v) is 5.09. The minimum atomic E-state index is -4.06. The van der Waals surface area contributed by atoms with Gasteiger partial charge in [-0.2, -0.15) is 0 Å². The van der Waals surface area contributed by atoms with Crippen molar-refractivity contribution in [3.63, 3.8) is 0 Å². The number of hydrogen-bond acceptors (Lipinski definition) is 1. The Bertz CT molecular complexity index is 169. The number of hydrogen-bond donors (Lipinski definition) is 2. The van der Waals surface area contributed by atoms with Crippen molar-refractivity contribution in [2.45, 2.75) is 33.2 Å². The fourth-order valence-electron chi connectivity index (χ4n) is 1.05. The molecule has 5 heteroatoms. The Morgan fingerprint density at radius 3 is 1.73 bits per heavy atom. The fraction of sp³-hybridized carbons (Fsp3) is 1.00. The van der Waals surface area contributed by atoms with Crippen LogP contribution in [0.2, 0.25) is 0 Å². The van der Waals surface area contributed by atoms with Crippen molar-refractivity contribution in [3.8, 4) is 0 Å². The molecule has 0 aromatic heterocycles. The predicted octanol–water partition coefficient (Wildman–Crippen LogP) is 1.20. The first-order valence-electron chi connectivity index (χ1n) is 3.53. The van der Waals surface area contributed by atoms with Gasteiger partial charge in [-0.05, 0) is 20.8 Å². The van der Waals surface area contributed by atoms with Gasteiger partial charge >= 0.3 is 7.75 Å². The summed E-state index contributed by atoms with van der Waals surface area (Å²) in [6, 6.07) is 0. The van der Waals surface area contributed by atoms with E-state index in [-0.39, 0.29) is 0 Å². The molecule has 2 N–H and O–H groups in total. The molecule has 0 saturated heterocycles. The van der Waals surface area contributed by atoms with Crippen LogP contribution in [0.5, 0.6) is 0 Å². The monoisotopic (exact) mass is 181 g/mol. The highest BCUT2D eigenvalue weighted by Crippen LogP contribution is 2.44. The predicted molar refractivity (Wildman–Crippen MR) is 44.2 cm³/mol. The Balaban J connectivity index is 4.57. The van der Waals surface area contributed by atoms with Gasteiger partial charge in [-0.15, -0.1) is 0 Å². The molecule has 0 saturated carbocycles. The normalized spacial score (nSPS) is 14.1. The van der Waals surface area contributed by atoms with Gasteiger partial charge in [0.05, 0.1) is 0 Å². The van der Waals surface area contributed by atoms with Crippen LogP contribution < -0.4 is 0 Å². The number of rotatable bonds is 2. The third-order valence-corrected chi connectivity index (χ3v) is 2.90. The lowest BCUT2D eigenvalue weighted by molar-refractivity contribution is 0.189. The minimum absolute atomic E-state index is 0.355. The molecule has 0 aromatic rings. The molecule has 11 heavy (non-hydrogen) atoms. The van der Waals surface area contributed by atoms with Crippen molar-refractivity contribution < 1.29 is 14.4 Å². The van der Waals surface area contributed by atoms with Gasteiger partial charge in [-0.3, -0.25) is 0 Å². The lowest BCUT2D eigenvalue weighted by Gasteiger charge is -2.34. The highest BCUT2D eigenvalue weighted by molar-refractivity contribution is 7.49. The molecule has 68 valence electrons. The second-order valence-electron chi connectivity index (χ2n) is 3.40. The summed E-state index contributed by atoms with van der Waals surface area (Å²) < 4.78 is 12.0. The van der Waals surface area contributed by atoms with E-state index in [0.717, 1.165) is 0 Å². The van der Waals surface area contributed by atoms with E-state index < -0.39 is 13.3 Å². The summed E-state index contributed by atoms with van der Waals surface area (Å²) in [5.41, 5.74) is -0.478. The number of nitrogens with zero attached hydrogens (tertiary/aromatic N) is 1. The maximum atomic E-state index is 10.8. The van der Waals surface area contributed by atoms with Crippen LogP contribution in [-0.2, 0) is 4.57 Å². The zero-order valence-electron chi connectivity index (χ0n) is 7.40. The summed E-state index contributed by atoms with van der Waals surface area (Å²) in [4.78, 5) is 17.7. The van der Waals surface area contributed by atoms with E-state index in [9.17, 15) is 4.57 Å². The Labute approximate surface area is 67.4 Å². The van der Waals surface area contributed by atoms with Gasteiger partial charge in [0, 0.05) is 12.1 Å². The standard InChI is InChI=1S/C6H16NO3P/c1-5-7(6(2,3)4)11(8,9)10/h5H2,1-4H3,(H2,8,9,10). The summed E-state index contributed by atoms with van der Waals surface area (Å²) in [6.07, 6.45) is 0. The van der Waals surface area contributed by atoms with E-state index in [0.29, 0.717) is 6.54 Å². The molecule has 0 unspecified atom stereocenters. The molecule has 0 heterocycles. The minimum Gasteiger partial charge on any atom is -0.312 e. The molecule has 0 bridgehead atoms. The topological polar surface area (TPSA) is 60.8 Å². The maximum Gasteiger partial charge on any atom is 0.403 e. The van der Waals surface area contributed by atoms with Crippen molar-refractivity contribution in [2.75, 3.05) is 6.54 Å². The first kappa shape index (κ1) is 11.1. The van der Waals surface area contributed by atoms with E-state index >= 15 is 0 Å². The first-order chi connectivity index (χ1) is 4.69. The average Bonchev–Trinajstić information content (AvgIpc) is 1.56. The summed E-state index contributed by atoms with van der Waals surface area (Å²) in [5, 5.41) is 0. The Morgan fingerprint density at radius 1 is 1.36 bits per heavy atom. The molecule has 0 atom stereocenters. The molecule has 4 nitrogen and oxygen atoms in total. The maximum absolute atomic E-state index is 10.8. The van der Waals surface area contributed by atoms with Gasteiger partial charge < -0.3 is 9.79 Å². The Kier molecular flexibility index (Phi) is 3.27. The lowest BCUT2D eigenvalue weighted by Crippen LogP contribution is -2.38. The van der Waals surface area contributed by atoms with E-state index in [1.807, 2.05) is 0 Å². The molecule has 0 aromatic carbocycles. The van der Waals surface area contributed by atoms with Gasteiger partial charge in [0.2, 0.25) is 0 Å². The quantitative estimate of drug-likeness (QED) is 0.628. The second-order valence-corrected chi connectivity index (χ2v) is 4.91. The van der Waals surface area contributed by atoms with Crippen LogP contribution in [0.15, 0.2) is 0 Å². The SMILES string of the molecule is CCN(C(C)(C)C)P(=O)(O)O. The molecule has 0 rings (SSSR count). The summed E-state index contributed by atoms with van der Waals surface area (Å²) in [6.45, 7) is 7.40. The zero-order chi connectivity index (χ0) is 9.28. The van der Waals surface area contributed by atoms with Gasteiger partial charge in [-0.1, -0.05) is 6.92 Å². The second kappa shape index (κ2) is 3.23. The van der Waals surface area contributed by atoms with Gasteiger partial charge in [0.1, 0.15) is 0 Å². The zero-order valence-corrected chi connectivity index (χ0v) is 8.30. The molecular weight excluding hydrogens is 165 g/mol. The Hall–Kier alpha value is 0.110. The molecular formula is C6H16NO3P. The molecule has 0 radical (unpaired) electrons. The molecule has 0 fully saturated rings. The van der Waals surface area contributed by atoms with Crippen LogP contribution in [0, 0.1) is 0 Å². The summed E-state index contributed by atoms with van der Waals surface area (Å²) >= 11 is 0. The summed E-state index contributed by atoms with van der Waals surface area (Å²) in [7, 11) is -4.06. The lowest BCUT2D eigenvalue weighted by atomic mass is 10.1. The van der Waals surface area contributed by atoms with Crippen molar-refractivity contribution in [1.82, 2.24) is 4.67 Å². The van der Waals surface area contributed by atoms with E-state index in [1.54, 1.807) is 27.7 Å². The Morgan fingerprint density at radius 2 is 1.73 bits per heavy atom. The summed E-state index contributed by atoms with van der Waals surface area (Å²) in [5.74, 6) is 0. The van der Waals surface area contributed by atoms with Gasteiger partial charge in [-0.25, -0.2) is 9.24 Å². The van der Waals surface area contributed by atoms with Crippen LogP contribution in [0.1, 0.15) is 27.7 Å². The van der Waals surface area contributed by atoms with Crippen molar-refractivity contribution in [2.24, 2.45) is 0 Å². The van der Waals surface area contributed by atoms with Crippen LogP contribution in [0.25, 0.3) is 0 Å². The van der Waals surface area contributed by atoms with E-state index in [1.165, 1.54) is 4.67 Å². The molecule has 0 aliphatic carbocycles. The van der Waals surface area contributed by atoms with Crippen LogP contribution in [0.3, 0.4) is 0 Å². The van der Waals surface area contributed by atoms with Crippen LogP contribution in [-0.4, -0.2) is 26.5 Å². The fourth-order valence-corrected chi connectivity index (χ4v) is 2.20. The molecule has 0 aliphatic rings. The van der Waals surface area contributed by atoms with Gasteiger partial charge in [0.15, 0.2) is 0 Å². The van der Waals surface area contributed by atoms with Crippen molar-refractivity contribution in [1.29, 1.82) is 0 Å². The molecule has 0 spiro atoms. The molecule has 0 aliphatic heterocycles.